The van der Waals surface area contributed by atoms with E-state index in [-0.39, 0.29) is 65.7 Å². The molecule has 1 aliphatic carbocycles. The highest BCUT2D eigenvalue weighted by Crippen LogP contribution is 2.44. The van der Waals surface area contributed by atoms with E-state index in [1.807, 2.05) is 59.5 Å². The second-order valence-corrected chi connectivity index (χ2v) is 30.8. The minimum atomic E-state index is -5.87. The van der Waals surface area contributed by atoms with Gasteiger partial charge in [-0.2, -0.15) is 13.2 Å². The van der Waals surface area contributed by atoms with Crippen molar-refractivity contribution in [3.8, 4) is 0 Å². The first kappa shape index (κ1) is 77.0. The molecule has 0 spiro atoms. The van der Waals surface area contributed by atoms with E-state index < -0.39 is 61.9 Å². The number of sulfone groups is 1. The van der Waals surface area contributed by atoms with Gasteiger partial charge < -0.3 is 45.7 Å². The predicted octanol–water partition coefficient (Wildman–Crippen LogP) is 9.70. The summed E-state index contributed by atoms with van der Waals surface area (Å²) in [5.74, 6) is -2.38. The van der Waals surface area contributed by atoms with E-state index in [9.17, 15) is 50.4 Å². The van der Waals surface area contributed by atoms with Crippen LogP contribution in [0, 0.1) is 5.41 Å². The number of piperidine rings is 1. The molecule has 4 heterocycles. The van der Waals surface area contributed by atoms with Crippen LogP contribution in [-0.2, 0) is 38.4 Å². The Kier molecular flexibility index (Phi) is 27.3. The lowest BCUT2D eigenvalue weighted by atomic mass is 9.73. The van der Waals surface area contributed by atoms with Gasteiger partial charge in [-0.25, -0.2) is 8.42 Å². The number of hydrogen-bond acceptors (Lipinski definition) is 20. The number of carbonyl (C=O) groups excluding carboxylic acids is 6. The van der Waals surface area contributed by atoms with E-state index in [4.69, 9.17) is 31.5 Å². The first-order chi connectivity index (χ1) is 49.0. The van der Waals surface area contributed by atoms with Gasteiger partial charge in [-0.3, -0.25) is 53.5 Å². The molecule has 3 fully saturated rings. The summed E-state index contributed by atoms with van der Waals surface area (Å²) in [6.07, 6.45) is 6.26. The van der Waals surface area contributed by atoms with Crippen LogP contribution < -0.4 is 36.6 Å². The van der Waals surface area contributed by atoms with Crippen molar-refractivity contribution in [3.63, 3.8) is 0 Å². The molecule has 0 saturated carbocycles. The number of fused-ring (bicyclic) bond motifs is 1. The van der Waals surface area contributed by atoms with Gasteiger partial charge in [0.1, 0.15) is 10.9 Å². The molecule has 6 amide bonds. The molecule has 22 nitrogen and oxygen atoms in total. The lowest BCUT2D eigenvalue weighted by Gasteiger charge is -2.39. The number of benzene rings is 5. The minimum Gasteiger partial charge on any atom is -0.399 e. The number of nitrogens with one attached hydrogen (secondary N) is 5. The molecule has 4 aliphatic heterocycles. The van der Waals surface area contributed by atoms with Gasteiger partial charge >= 0.3 is 5.51 Å². The van der Waals surface area contributed by atoms with Gasteiger partial charge in [0, 0.05) is 141 Å². The van der Waals surface area contributed by atoms with Crippen molar-refractivity contribution in [2.45, 2.75) is 97.5 Å². The molecule has 2 atom stereocenters. The fourth-order valence-electron chi connectivity index (χ4n) is 13.0. The average Bonchev–Trinajstić information content (AvgIpc) is 1.57. The summed E-state index contributed by atoms with van der Waals surface area (Å²) in [7, 11) is -5.87. The van der Waals surface area contributed by atoms with Crippen molar-refractivity contribution in [1.29, 1.82) is 0 Å². The monoisotopic (exact) mass is 1480 g/mol. The molecule has 0 radical (unpaired) electrons. The highest BCUT2D eigenvalue weighted by molar-refractivity contribution is 7.99. The van der Waals surface area contributed by atoms with E-state index in [1.165, 1.54) is 46.7 Å². The fraction of sp³-hybridized carbons (Fsp3) is 0.452. The Bertz CT molecular complexity index is 3930. The van der Waals surface area contributed by atoms with Gasteiger partial charge in [0.15, 0.2) is 0 Å². The summed E-state index contributed by atoms with van der Waals surface area (Å²) < 4.78 is 89.7. The zero-order valence-corrected chi connectivity index (χ0v) is 60.5. The Morgan fingerprint density at radius 1 is 0.784 bits per heavy atom. The molecular formula is C73H89ClF3N11O11S3. The third-order valence-electron chi connectivity index (χ3n) is 18.6. The maximum Gasteiger partial charge on any atom is 0.501 e. The largest absolute Gasteiger partial charge is 0.501 e. The fourth-order valence-corrected chi connectivity index (χ4v) is 15.8. The van der Waals surface area contributed by atoms with Crippen LogP contribution in [0.2, 0.25) is 5.02 Å². The van der Waals surface area contributed by atoms with E-state index >= 15 is 0 Å². The zero-order chi connectivity index (χ0) is 72.4. The number of allylic oxidation sites excluding steroid dienone is 1. The Morgan fingerprint density at radius 2 is 1.49 bits per heavy atom. The van der Waals surface area contributed by atoms with Gasteiger partial charge in [0.25, 0.3) is 27.6 Å². The van der Waals surface area contributed by atoms with Crippen molar-refractivity contribution in [1.82, 2.24) is 35.0 Å². The van der Waals surface area contributed by atoms with Gasteiger partial charge in [-0.15, -0.1) is 11.8 Å². The number of thioether (sulfide) groups is 1. The number of anilines is 3. The summed E-state index contributed by atoms with van der Waals surface area (Å²) in [5.41, 5.74) is 7.21. The van der Waals surface area contributed by atoms with Crippen molar-refractivity contribution < 1.29 is 64.6 Å². The normalized spacial score (nSPS) is 18.1. The quantitative estimate of drug-likeness (QED) is 0.00968. The molecule has 5 aromatic carbocycles. The van der Waals surface area contributed by atoms with Crippen molar-refractivity contribution >= 4 is 103 Å². The van der Waals surface area contributed by atoms with Crippen LogP contribution >= 0.6 is 35.3 Å². The number of ether oxygens (including phenoxy) is 3. The zero-order valence-electron chi connectivity index (χ0n) is 57.3. The Labute approximate surface area is 607 Å². The second kappa shape index (κ2) is 36.2. The lowest BCUT2D eigenvalue weighted by molar-refractivity contribution is -0.136. The number of imide groups is 2. The standard InChI is InChI=1S/C73H89ClF3N11O11S3/c1-72(2)27-25-59(50-13-17-53(74)18-14-50)52(45-72)47-85-33-35-86(36-34-85)56-19-15-51(16-20-56)68(91)83-101-58-21-22-61(64(44-58)102(95,96)73(75,76)77)81-55(49-100-57-8-4-3-5-9-57)26-30-84-31-37-87(38-32-84)66(90)12-7-28-79-46-54(78)48-99-43-42-98-41-40-97-39-29-80-62-11-6-10-60-67(62)71(94)88(70(60)93)63-23-24-65(89)82-69(63)92/h3-6,8-11,13-22,44,46,55,63,79-81H,7,12,23-43,45,47-49,78H2,1-2H3,(H,83,91)(H,82,89,92)/b54-46-/t55-,63?/m1/s1. The van der Waals surface area contributed by atoms with E-state index in [0.717, 1.165) is 90.5 Å². The highest BCUT2D eigenvalue weighted by atomic mass is 35.5. The molecule has 102 heavy (non-hydrogen) atoms. The summed E-state index contributed by atoms with van der Waals surface area (Å²) in [4.78, 5) is 87.1. The van der Waals surface area contributed by atoms with Crippen LogP contribution in [0.3, 0.4) is 0 Å². The van der Waals surface area contributed by atoms with Crippen LogP contribution in [0.5, 0.6) is 0 Å². The molecule has 10 rings (SSSR count). The smallest absolute Gasteiger partial charge is 0.399 e. The van der Waals surface area contributed by atoms with Crippen LogP contribution in [-0.4, -0.2) is 205 Å². The third-order valence-corrected chi connectivity index (χ3v) is 22.3. The van der Waals surface area contributed by atoms with Crippen molar-refractivity contribution in [2.24, 2.45) is 11.1 Å². The summed E-state index contributed by atoms with van der Waals surface area (Å²) in [5, 5.41) is 12.3. The van der Waals surface area contributed by atoms with Crippen LogP contribution in [0.4, 0.5) is 30.2 Å². The molecule has 29 heteroatoms. The second-order valence-electron chi connectivity index (χ2n) is 26.5. The number of rotatable bonds is 34. The SMILES string of the molecule is CC1(C)CCC(c2ccc(Cl)cc2)=C(CN2CCN(c3ccc(C(=O)NSc4ccc(N[C@H](CCN5CCN(C(=O)CCCN/C=C(\N)COCCOCCOCCNc6cccc7c6C(=O)N(C6CCC(=O)NC6=O)C7=O)CC5)CSc5ccccc5)c(S(=O)(=O)C(F)(F)F)c4)cc3)CC2)C1. The summed E-state index contributed by atoms with van der Waals surface area (Å²) in [6.45, 7) is 14.0. The van der Waals surface area contributed by atoms with Gasteiger partial charge in [0.2, 0.25) is 17.7 Å². The summed E-state index contributed by atoms with van der Waals surface area (Å²) >= 11 is 8.45. The van der Waals surface area contributed by atoms with E-state index in [0.29, 0.717) is 108 Å². The maximum atomic E-state index is 14.5. The number of carbonyl (C=O) groups is 6. The maximum absolute atomic E-state index is 14.5. The van der Waals surface area contributed by atoms with Gasteiger partial charge in [-0.05, 0) is 146 Å². The number of piperazine rings is 2. The number of amides is 6. The molecule has 7 N–H and O–H groups in total. The van der Waals surface area contributed by atoms with Crippen molar-refractivity contribution in [2.75, 3.05) is 139 Å². The third kappa shape index (κ3) is 21.0. The van der Waals surface area contributed by atoms with E-state index in [2.05, 4.69) is 66.7 Å². The molecule has 5 aromatic rings. The average molecular weight is 1490 g/mol. The predicted molar refractivity (Wildman–Crippen MR) is 390 cm³/mol. The minimum absolute atomic E-state index is 0.0117. The molecule has 0 bridgehead atoms. The first-order valence-corrected chi connectivity index (χ1v) is 38.1. The highest BCUT2D eigenvalue weighted by Gasteiger charge is 2.49. The molecule has 1 unspecified atom stereocenters. The van der Waals surface area contributed by atoms with Gasteiger partial charge in [-0.1, -0.05) is 67.4 Å². The molecule has 5 aliphatic rings. The van der Waals surface area contributed by atoms with E-state index in [1.54, 1.807) is 30.5 Å². The van der Waals surface area contributed by atoms with Crippen LogP contribution in [0.15, 0.2) is 147 Å². The number of nitrogens with two attached hydrogens (primary N) is 1. The van der Waals surface area contributed by atoms with Crippen molar-refractivity contribution in [3.05, 3.63) is 160 Å². The Hall–Kier alpha value is -7.67. The molecule has 0 aromatic heterocycles. The number of hydrogen-bond donors (Lipinski definition) is 6. The number of alkyl halides is 3. The summed E-state index contributed by atoms with van der Waals surface area (Å²) in [6, 6.07) is 31.9. The Morgan fingerprint density at radius 3 is 2.21 bits per heavy atom. The first-order valence-electron chi connectivity index (χ1n) is 34.4. The lowest BCUT2D eigenvalue weighted by Crippen LogP contribution is -2.54. The molecular weight excluding hydrogens is 1400 g/mol. The number of halogens is 4. The van der Waals surface area contributed by atoms with Crippen LogP contribution in [0.25, 0.3) is 5.57 Å². The molecule has 548 valence electrons. The Balaban J connectivity index is 0.614. The van der Waals surface area contributed by atoms with Gasteiger partial charge in [0.05, 0.1) is 62.2 Å². The van der Waals surface area contributed by atoms with Crippen LogP contribution in [0.1, 0.15) is 102 Å². The number of nitrogens with zero attached hydrogens (tertiary/aromatic N) is 5. The topological polar surface area (TPSA) is 267 Å². The molecule has 3 saturated heterocycles.